The van der Waals surface area contributed by atoms with Crippen LogP contribution in [0.4, 0.5) is 5.69 Å². The maximum Gasteiger partial charge on any atom is 0.270 e. The Morgan fingerprint density at radius 2 is 1.89 bits per heavy atom. The molecule has 1 aliphatic rings. The van der Waals surface area contributed by atoms with Gasteiger partial charge in [-0.15, -0.1) is 0 Å². The molecule has 0 atom stereocenters. The van der Waals surface area contributed by atoms with Crippen LogP contribution in [-0.2, 0) is 9.59 Å². The van der Waals surface area contributed by atoms with Crippen LogP contribution in [0.15, 0.2) is 48.0 Å². The minimum Gasteiger partial charge on any atom is -0.496 e. The number of nitrogens with zero attached hydrogens (tertiary/aromatic N) is 1. The molecule has 0 spiro atoms. The number of nitrogens with one attached hydrogen (secondary N) is 1. The summed E-state index contributed by atoms with van der Waals surface area (Å²) in [5.41, 5.74) is 1.26. The predicted molar refractivity (Wildman–Crippen MR) is 120 cm³/mol. The summed E-state index contributed by atoms with van der Waals surface area (Å²) in [6.45, 7) is 2.44. The second-order valence-corrected chi connectivity index (χ2v) is 7.33. The Kier molecular flexibility index (Phi) is 6.30. The molecule has 2 aromatic rings. The molecule has 3 rings (SSSR count). The summed E-state index contributed by atoms with van der Waals surface area (Å²) in [5.74, 6) is 0.403. The lowest BCUT2D eigenvalue weighted by molar-refractivity contribution is -0.122. The molecular formula is C20H17IN2O4S. The van der Waals surface area contributed by atoms with Crippen LogP contribution in [0, 0.1) is 3.57 Å². The van der Waals surface area contributed by atoms with Gasteiger partial charge in [0, 0.05) is 0 Å². The molecule has 0 unspecified atom stereocenters. The molecule has 0 saturated carbocycles. The molecule has 28 heavy (non-hydrogen) atoms. The van der Waals surface area contributed by atoms with Gasteiger partial charge in [0.15, 0.2) is 5.11 Å². The maximum absolute atomic E-state index is 13.0. The predicted octanol–water partition coefficient (Wildman–Crippen LogP) is 3.53. The quantitative estimate of drug-likeness (QED) is 0.290. The smallest absolute Gasteiger partial charge is 0.270 e. The number of thiocarbonyl (C=S) groups is 1. The van der Waals surface area contributed by atoms with Crippen LogP contribution in [0.5, 0.6) is 11.5 Å². The zero-order valence-electron chi connectivity index (χ0n) is 15.2. The Bertz CT molecular complexity index is 973. The number of halogens is 1. The van der Waals surface area contributed by atoms with Crippen LogP contribution in [-0.4, -0.2) is 30.6 Å². The fourth-order valence-electron chi connectivity index (χ4n) is 2.69. The zero-order chi connectivity index (χ0) is 20.3. The Morgan fingerprint density at radius 3 is 2.50 bits per heavy atom. The number of benzene rings is 2. The van der Waals surface area contributed by atoms with E-state index in [2.05, 4.69) is 27.9 Å². The van der Waals surface area contributed by atoms with Gasteiger partial charge in [-0.3, -0.25) is 19.8 Å². The first-order chi connectivity index (χ1) is 13.4. The first-order valence-electron chi connectivity index (χ1n) is 8.42. The maximum atomic E-state index is 13.0. The summed E-state index contributed by atoms with van der Waals surface area (Å²) >= 11 is 7.35. The van der Waals surface area contributed by atoms with Gasteiger partial charge in [-0.2, -0.15) is 0 Å². The van der Waals surface area contributed by atoms with E-state index in [4.69, 9.17) is 21.7 Å². The van der Waals surface area contributed by atoms with Crippen molar-refractivity contribution in [3.63, 3.8) is 0 Å². The van der Waals surface area contributed by atoms with Gasteiger partial charge in [-0.25, -0.2) is 0 Å². The number of hydrogen-bond donors (Lipinski definition) is 1. The normalized spacial score (nSPS) is 15.6. The van der Waals surface area contributed by atoms with Crippen molar-refractivity contribution in [1.82, 2.24) is 5.32 Å². The van der Waals surface area contributed by atoms with E-state index in [0.29, 0.717) is 23.6 Å². The summed E-state index contributed by atoms with van der Waals surface area (Å²) < 4.78 is 11.5. The average Bonchev–Trinajstić information content (AvgIpc) is 2.67. The van der Waals surface area contributed by atoms with Crippen molar-refractivity contribution in [3.05, 3.63) is 57.2 Å². The average molecular weight is 508 g/mol. The number of amides is 2. The summed E-state index contributed by atoms with van der Waals surface area (Å²) in [5, 5.41) is 2.62. The summed E-state index contributed by atoms with van der Waals surface area (Å²) in [6.07, 6.45) is 1.54. The minimum absolute atomic E-state index is 0.00320. The van der Waals surface area contributed by atoms with E-state index in [1.54, 1.807) is 49.6 Å². The summed E-state index contributed by atoms with van der Waals surface area (Å²) in [4.78, 5) is 26.7. The van der Waals surface area contributed by atoms with Crippen molar-refractivity contribution in [3.8, 4) is 11.5 Å². The van der Waals surface area contributed by atoms with Gasteiger partial charge >= 0.3 is 0 Å². The topological polar surface area (TPSA) is 67.9 Å². The number of rotatable bonds is 5. The Morgan fingerprint density at radius 1 is 1.18 bits per heavy atom. The van der Waals surface area contributed by atoms with Crippen LogP contribution in [0.1, 0.15) is 12.5 Å². The van der Waals surface area contributed by atoms with Gasteiger partial charge < -0.3 is 9.47 Å². The molecule has 144 valence electrons. The fourth-order valence-corrected chi connectivity index (χ4v) is 3.73. The van der Waals surface area contributed by atoms with Crippen LogP contribution in [0.3, 0.4) is 0 Å². The van der Waals surface area contributed by atoms with Gasteiger partial charge in [-0.1, -0.05) is 6.07 Å². The van der Waals surface area contributed by atoms with E-state index >= 15 is 0 Å². The van der Waals surface area contributed by atoms with Gasteiger partial charge in [0.05, 0.1) is 23.0 Å². The summed E-state index contributed by atoms with van der Waals surface area (Å²) in [6, 6.07) is 12.3. The minimum atomic E-state index is -0.525. The number of carbonyl (C=O) groups excluding carboxylic acids is 2. The Labute approximate surface area is 181 Å². The Hall–Kier alpha value is -2.46. The van der Waals surface area contributed by atoms with E-state index in [1.165, 1.54) is 4.90 Å². The lowest BCUT2D eigenvalue weighted by Gasteiger charge is -2.29. The van der Waals surface area contributed by atoms with Crippen molar-refractivity contribution in [2.75, 3.05) is 18.6 Å². The van der Waals surface area contributed by atoms with Crippen molar-refractivity contribution in [2.45, 2.75) is 6.92 Å². The first-order valence-corrected chi connectivity index (χ1v) is 9.91. The molecule has 1 heterocycles. The lowest BCUT2D eigenvalue weighted by Crippen LogP contribution is -2.54. The molecule has 1 aliphatic heterocycles. The Balaban J connectivity index is 1.94. The van der Waals surface area contributed by atoms with Crippen molar-refractivity contribution in [2.24, 2.45) is 0 Å². The summed E-state index contributed by atoms with van der Waals surface area (Å²) in [7, 11) is 1.59. The number of ether oxygens (including phenoxy) is 2. The van der Waals surface area contributed by atoms with E-state index in [9.17, 15) is 9.59 Å². The van der Waals surface area contributed by atoms with Gasteiger partial charge in [-0.05, 0) is 89.8 Å². The van der Waals surface area contributed by atoms with E-state index in [1.807, 2.05) is 13.0 Å². The molecule has 6 nitrogen and oxygen atoms in total. The monoisotopic (exact) mass is 508 g/mol. The van der Waals surface area contributed by atoms with Gasteiger partial charge in [0.1, 0.15) is 17.1 Å². The van der Waals surface area contributed by atoms with E-state index in [-0.39, 0.29) is 10.7 Å². The number of anilines is 1. The molecular weight excluding hydrogens is 491 g/mol. The molecule has 2 aromatic carbocycles. The number of hydrogen-bond acceptors (Lipinski definition) is 5. The molecule has 1 N–H and O–H groups in total. The van der Waals surface area contributed by atoms with Crippen molar-refractivity contribution < 1.29 is 19.1 Å². The second kappa shape index (κ2) is 8.70. The second-order valence-electron chi connectivity index (χ2n) is 5.78. The largest absolute Gasteiger partial charge is 0.496 e. The highest BCUT2D eigenvalue weighted by atomic mass is 127. The van der Waals surface area contributed by atoms with E-state index in [0.717, 1.165) is 9.32 Å². The molecule has 1 saturated heterocycles. The fraction of sp³-hybridized carbons (Fsp3) is 0.150. The third-order valence-corrected chi connectivity index (χ3v) is 5.12. The van der Waals surface area contributed by atoms with Crippen LogP contribution < -0.4 is 19.7 Å². The first kappa shape index (κ1) is 20.3. The molecule has 0 radical (unpaired) electrons. The molecule has 8 heteroatoms. The number of methoxy groups -OCH3 is 1. The highest BCUT2D eigenvalue weighted by Gasteiger charge is 2.34. The molecule has 1 fully saturated rings. The molecule has 2 amide bonds. The van der Waals surface area contributed by atoms with Crippen molar-refractivity contribution in [1.29, 1.82) is 0 Å². The zero-order valence-corrected chi connectivity index (χ0v) is 18.2. The number of carbonyl (C=O) groups is 2. The van der Waals surface area contributed by atoms with Gasteiger partial charge in [0.2, 0.25) is 0 Å². The standard InChI is InChI=1S/C20H17IN2O4S/c1-3-27-14-7-5-13(6-8-14)23-19(25)15(18(24)22-20(23)28)10-12-4-9-17(26-2)16(21)11-12/h4-11H,3H2,1-2H3,(H,22,24,28). The van der Waals surface area contributed by atoms with Gasteiger partial charge in [0.25, 0.3) is 11.8 Å². The highest BCUT2D eigenvalue weighted by molar-refractivity contribution is 14.1. The van der Waals surface area contributed by atoms with E-state index < -0.39 is 11.8 Å². The van der Waals surface area contributed by atoms with Crippen molar-refractivity contribution >= 4 is 63.5 Å². The van der Waals surface area contributed by atoms with Crippen LogP contribution in [0.2, 0.25) is 0 Å². The third kappa shape index (κ3) is 4.17. The SMILES string of the molecule is CCOc1ccc(N2C(=O)C(=Cc3ccc(OC)c(I)c3)C(=O)NC2=S)cc1. The lowest BCUT2D eigenvalue weighted by atomic mass is 10.1. The third-order valence-electron chi connectivity index (χ3n) is 3.99. The van der Waals surface area contributed by atoms with Crippen LogP contribution >= 0.6 is 34.8 Å². The highest BCUT2D eigenvalue weighted by Crippen LogP contribution is 2.26. The molecule has 0 bridgehead atoms. The molecule has 0 aromatic heterocycles. The van der Waals surface area contributed by atoms with Crippen LogP contribution in [0.25, 0.3) is 6.08 Å². The molecule has 0 aliphatic carbocycles.